The molecule has 1 fully saturated rings. The molecule has 0 atom stereocenters. The molecule has 0 radical (unpaired) electrons. The second kappa shape index (κ2) is 4.81. The van der Waals surface area contributed by atoms with Crippen LogP contribution >= 0.6 is 0 Å². The molecule has 0 aromatic carbocycles. The molecule has 96 valence electrons. The van der Waals surface area contributed by atoms with E-state index in [1.54, 1.807) is 11.1 Å². The second-order valence-corrected chi connectivity index (χ2v) is 5.00. The van der Waals surface area contributed by atoms with Crippen LogP contribution in [0.15, 0.2) is 6.20 Å². The van der Waals surface area contributed by atoms with Crippen molar-refractivity contribution in [1.29, 1.82) is 5.26 Å². The van der Waals surface area contributed by atoms with E-state index < -0.39 is 0 Å². The van der Waals surface area contributed by atoms with Gasteiger partial charge < -0.3 is 4.90 Å². The lowest BCUT2D eigenvalue weighted by Gasteiger charge is -2.18. The number of aromatic nitrogens is 2. The summed E-state index contributed by atoms with van der Waals surface area (Å²) >= 11 is 0. The molecule has 0 aliphatic heterocycles. The van der Waals surface area contributed by atoms with Crippen molar-refractivity contribution in [3.05, 3.63) is 17.5 Å². The van der Waals surface area contributed by atoms with Gasteiger partial charge in [0.05, 0.1) is 17.8 Å². The van der Waals surface area contributed by atoms with Crippen molar-refractivity contribution in [3.63, 3.8) is 0 Å². The topological polar surface area (TPSA) is 61.9 Å². The number of nitrogens with zero attached hydrogens (tertiary/aromatic N) is 4. The summed E-state index contributed by atoms with van der Waals surface area (Å²) in [6, 6.07) is 2.55. The van der Waals surface area contributed by atoms with E-state index in [4.69, 9.17) is 5.26 Å². The van der Waals surface area contributed by atoms with Crippen LogP contribution in [0.3, 0.4) is 0 Å². The number of hydrogen-bond donors (Lipinski definition) is 0. The van der Waals surface area contributed by atoms with Crippen LogP contribution in [0.5, 0.6) is 0 Å². The average molecular weight is 246 g/mol. The Labute approximate surface area is 107 Å². The van der Waals surface area contributed by atoms with Crippen molar-refractivity contribution < 1.29 is 4.79 Å². The fourth-order valence-electron chi connectivity index (χ4n) is 2.14. The fourth-order valence-corrected chi connectivity index (χ4v) is 2.14. The Bertz CT molecular complexity index is 494. The number of rotatable bonds is 4. The van der Waals surface area contributed by atoms with Crippen LogP contribution in [-0.4, -0.2) is 33.2 Å². The first kappa shape index (κ1) is 12.6. The zero-order valence-corrected chi connectivity index (χ0v) is 11.1. The van der Waals surface area contributed by atoms with Crippen LogP contribution < -0.4 is 0 Å². The summed E-state index contributed by atoms with van der Waals surface area (Å²) in [7, 11) is 0. The van der Waals surface area contributed by atoms with Crippen molar-refractivity contribution in [2.24, 2.45) is 0 Å². The minimum atomic E-state index is -0.0662. The molecule has 0 N–H and O–H groups in total. The van der Waals surface area contributed by atoms with Gasteiger partial charge in [0.15, 0.2) is 0 Å². The average Bonchev–Trinajstić information content (AvgIpc) is 3.08. The number of carbonyl (C=O) groups excluding carboxylic acids is 1. The quantitative estimate of drug-likeness (QED) is 0.762. The summed E-state index contributed by atoms with van der Waals surface area (Å²) in [5, 5.41) is 13.1. The molecule has 0 bridgehead atoms. The molecule has 1 aromatic rings. The van der Waals surface area contributed by atoms with Gasteiger partial charge in [-0.1, -0.05) is 0 Å². The Morgan fingerprint density at radius 2 is 2.33 bits per heavy atom. The third-order valence-corrected chi connectivity index (χ3v) is 3.25. The van der Waals surface area contributed by atoms with E-state index in [1.165, 1.54) is 0 Å². The van der Waals surface area contributed by atoms with Gasteiger partial charge in [0.1, 0.15) is 6.54 Å². The van der Waals surface area contributed by atoms with Crippen molar-refractivity contribution in [2.75, 3.05) is 6.54 Å². The molecule has 1 aromatic heterocycles. The molecule has 1 amide bonds. The van der Waals surface area contributed by atoms with E-state index in [-0.39, 0.29) is 24.5 Å². The van der Waals surface area contributed by atoms with Crippen molar-refractivity contribution in [3.8, 4) is 6.07 Å². The number of carbonyl (C=O) groups is 1. The number of hydrogen-bond acceptors (Lipinski definition) is 3. The predicted molar refractivity (Wildman–Crippen MR) is 67.0 cm³/mol. The third-order valence-electron chi connectivity index (χ3n) is 3.25. The maximum atomic E-state index is 12.4. The maximum Gasteiger partial charge on any atom is 0.258 e. The molecular weight excluding hydrogens is 228 g/mol. The molecule has 0 unspecified atom stereocenters. The Morgan fingerprint density at radius 3 is 2.78 bits per heavy atom. The summed E-state index contributed by atoms with van der Waals surface area (Å²) < 4.78 is 1.84. The van der Waals surface area contributed by atoms with E-state index in [0.717, 1.165) is 18.5 Å². The van der Waals surface area contributed by atoms with Crippen molar-refractivity contribution in [2.45, 2.75) is 45.7 Å². The Kier molecular flexibility index (Phi) is 3.37. The third kappa shape index (κ3) is 2.23. The van der Waals surface area contributed by atoms with Crippen molar-refractivity contribution in [1.82, 2.24) is 14.7 Å². The normalized spacial score (nSPS) is 14.6. The van der Waals surface area contributed by atoms with Crippen LogP contribution in [0.1, 0.15) is 48.8 Å². The molecule has 5 nitrogen and oxygen atoms in total. The Balaban J connectivity index is 2.25. The molecule has 1 saturated carbocycles. The van der Waals surface area contributed by atoms with Crippen LogP contribution in [0.2, 0.25) is 0 Å². The van der Waals surface area contributed by atoms with Gasteiger partial charge in [0.25, 0.3) is 5.91 Å². The molecule has 1 aliphatic carbocycles. The maximum absolute atomic E-state index is 12.4. The highest BCUT2D eigenvalue weighted by Crippen LogP contribution is 2.28. The zero-order valence-electron chi connectivity index (χ0n) is 11.1. The van der Waals surface area contributed by atoms with Gasteiger partial charge in [0.2, 0.25) is 0 Å². The SMILES string of the molecule is Cc1c(C(=O)N(CC#N)C2CC2)cnn1C(C)C. The van der Waals surface area contributed by atoms with Gasteiger partial charge in [-0.3, -0.25) is 9.48 Å². The Hall–Kier alpha value is -1.83. The predicted octanol–water partition coefficient (Wildman–Crippen LogP) is 1.90. The number of amides is 1. The zero-order chi connectivity index (χ0) is 13.3. The summed E-state index contributed by atoms with van der Waals surface area (Å²) in [4.78, 5) is 14.1. The standard InChI is InChI=1S/C13H18N4O/c1-9(2)17-10(3)12(8-15-17)13(18)16(7-6-14)11-4-5-11/h8-9,11H,4-5,7H2,1-3H3. The molecule has 2 rings (SSSR count). The van der Waals surface area contributed by atoms with Gasteiger partial charge in [-0.25, -0.2) is 0 Å². The summed E-state index contributed by atoms with van der Waals surface area (Å²) in [5.74, 6) is -0.0662. The lowest BCUT2D eigenvalue weighted by atomic mass is 10.2. The van der Waals surface area contributed by atoms with Gasteiger partial charge in [-0.2, -0.15) is 10.4 Å². The van der Waals surface area contributed by atoms with Crippen LogP contribution in [-0.2, 0) is 0 Å². The number of nitriles is 1. The fraction of sp³-hybridized carbons (Fsp3) is 0.615. The molecule has 1 aliphatic rings. The highest BCUT2D eigenvalue weighted by Gasteiger charge is 2.34. The minimum Gasteiger partial charge on any atom is -0.322 e. The summed E-state index contributed by atoms with van der Waals surface area (Å²) in [6.07, 6.45) is 3.62. The molecule has 0 spiro atoms. The van der Waals surface area contributed by atoms with Gasteiger partial charge in [-0.15, -0.1) is 0 Å². The first-order valence-corrected chi connectivity index (χ1v) is 6.28. The second-order valence-electron chi connectivity index (χ2n) is 5.00. The first-order chi connectivity index (χ1) is 8.56. The first-order valence-electron chi connectivity index (χ1n) is 6.28. The molecule has 0 saturated heterocycles. The smallest absolute Gasteiger partial charge is 0.258 e. The van der Waals surface area contributed by atoms with E-state index in [0.29, 0.717) is 5.56 Å². The van der Waals surface area contributed by atoms with Gasteiger partial charge >= 0.3 is 0 Å². The van der Waals surface area contributed by atoms with E-state index in [1.807, 2.05) is 25.5 Å². The molecule has 1 heterocycles. The molecular formula is C13H18N4O. The van der Waals surface area contributed by atoms with Gasteiger partial charge in [0, 0.05) is 17.8 Å². The highest BCUT2D eigenvalue weighted by molar-refractivity contribution is 5.95. The van der Waals surface area contributed by atoms with E-state index in [9.17, 15) is 4.79 Å². The van der Waals surface area contributed by atoms with Crippen LogP contribution in [0.25, 0.3) is 0 Å². The molecule has 5 heteroatoms. The Morgan fingerprint density at radius 1 is 1.67 bits per heavy atom. The van der Waals surface area contributed by atoms with Crippen molar-refractivity contribution >= 4 is 5.91 Å². The van der Waals surface area contributed by atoms with Gasteiger partial charge in [-0.05, 0) is 33.6 Å². The monoisotopic (exact) mass is 246 g/mol. The summed E-state index contributed by atoms with van der Waals surface area (Å²) in [5.41, 5.74) is 1.49. The van der Waals surface area contributed by atoms with E-state index >= 15 is 0 Å². The molecule has 18 heavy (non-hydrogen) atoms. The van der Waals surface area contributed by atoms with E-state index in [2.05, 4.69) is 11.2 Å². The lowest BCUT2D eigenvalue weighted by molar-refractivity contribution is 0.0764. The lowest BCUT2D eigenvalue weighted by Crippen LogP contribution is -2.33. The summed E-state index contributed by atoms with van der Waals surface area (Å²) in [6.45, 7) is 6.12. The van der Waals surface area contributed by atoms with Crippen LogP contribution in [0, 0.1) is 18.3 Å². The van der Waals surface area contributed by atoms with Crippen LogP contribution in [0.4, 0.5) is 0 Å². The highest BCUT2D eigenvalue weighted by atomic mass is 16.2. The largest absolute Gasteiger partial charge is 0.322 e. The minimum absolute atomic E-state index is 0.0662.